The molecular weight excluding hydrogens is 358 g/mol. The maximum absolute atomic E-state index is 13.3. The van der Waals surface area contributed by atoms with Gasteiger partial charge in [0.2, 0.25) is 0 Å². The van der Waals surface area contributed by atoms with Crippen molar-refractivity contribution < 1.29 is 4.79 Å². The van der Waals surface area contributed by atoms with E-state index in [0.717, 1.165) is 21.5 Å². The predicted octanol–water partition coefficient (Wildman–Crippen LogP) is 3.89. The molecule has 3 aromatic heterocycles. The Kier molecular flexibility index (Phi) is 4.45. The average molecular weight is 377 g/mol. The highest BCUT2D eigenvalue weighted by molar-refractivity contribution is 7.22. The van der Waals surface area contributed by atoms with Crippen LogP contribution in [0.4, 0.5) is 5.13 Å². The van der Waals surface area contributed by atoms with Gasteiger partial charge in [0.25, 0.3) is 5.91 Å². The van der Waals surface area contributed by atoms with Crippen LogP contribution in [0.3, 0.4) is 0 Å². The van der Waals surface area contributed by atoms with Gasteiger partial charge in [-0.2, -0.15) is 5.10 Å². The van der Waals surface area contributed by atoms with E-state index in [1.54, 1.807) is 35.1 Å². The number of aromatic nitrogens is 4. The van der Waals surface area contributed by atoms with Gasteiger partial charge in [0.15, 0.2) is 5.13 Å². The number of hydrogen-bond acceptors (Lipinski definition) is 5. The molecule has 0 saturated carbocycles. The second kappa shape index (κ2) is 6.92. The average Bonchev–Trinajstić information content (AvgIpc) is 3.26. The fraction of sp³-hybridized carbons (Fsp3) is 0.200. The molecule has 3 heterocycles. The molecular formula is C20H19N5OS. The number of aryl methyl sites for hydroxylation is 3. The summed E-state index contributed by atoms with van der Waals surface area (Å²) in [5, 5.41) is 4.79. The highest BCUT2D eigenvalue weighted by atomic mass is 32.1. The Morgan fingerprint density at radius 3 is 2.74 bits per heavy atom. The summed E-state index contributed by atoms with van der Waals surface area (Å²) < 4.78 is 2.66. The van der Waals surface area contributed by atoms with Crippen molar-refractivity contribution in [2.75, 3.05) is 4.90 Å². The van der Waals surface area contributed by atoms with Crippen molar-refractivity contribution in [1.82, 2.24) is 19.7 Å². The van der Waals surface area contributed by atoms with Gasteiger partial charge >= 0.3 is 0 Å². The number of thiazole rings is 1. The fourth-order valence-corrected chi connectivity index (χ4v) is 4.22. The molecule has 0 aliphatic rings. The van der Waals surface area contributed by atoms with Crippen LogP contribution in [0.15, 0.2) is 48.8 Å². The van der Waals surface area contributed by atoms with E-state index in [2.05, 4.69) is 29.1 Å². The van der Waals surface area contributed by atoms with Crippen LogP contribution in [0.25, 0.3) is 10.2 Å². The molecule has 1 aromatic carbocycles. The van der Waals surface area contributed by atoms with Crippen molar-refractivity contribution in [3.63, 3.8) is 0 Å². The minimum absolute atomic E-state index is 0.144. The molecule has 4 rings (SSSR count). The number of anilines is 1. The molecule has 0 radical (unpaired) electrons. The van der Waals surface area contributed by atoms with Gasteiger partial charge in [-0.15, -0.1) is 0 Å². The van der Waals surface area contributed by atoms with Gasteiger partial charge < -0.3 is 0 Å². The summed E-state index contributed by atoms with van der Waals surface area (Å²) in [6.45, 7) is 4.46. The second-order valence-electron chi connectivity index (χ2n) is 6.48. The number of fused-ring (bicyclic) bond motifs is 1. The largest absolute Gasteiger partial charge is 0.278 e. The van der Waals surface area contributed by atoms with E-state index < -0.39 is 0 Å². The molecule has 0 bridgehead atoms. The molecule has 7 heteroatoms. The lowest BCUT2D eigenvalue weighted by atomic mass is 10.1. The number of carbonyl (C=O) groups is 1. The molecule has 0 N–H and O–H groups in total. The molecule has 0 aliphatic carbocycles. The summed E-state index contributed by atoms with van der Waals surface area (Å²) in [5.74, 6) is -0.144. The first kappa shape index (κ1) is 17.4. The van der Waals surface area contributed by atoms with E-state index in [9.17, 15) is 4.79 Å². The summed E-state index contributed by atoms with van der Waals surface area (Å²) in [4.78, 5) is 24.1. The number of nitrogens with zero attached hydrogens (tertiary/aromatic N) is 5. The van der Waals surface area contributed by atoms with E-state index in [4.69, 9.17) is 4.98 Å². The van der Waals surface area contributed by atoms with Crippen molar-refractivity contribution in [2.24, 2.45) is 7.05 Å². The number of carbonyl (C=O) groups excluding carboxylic acids is 1. The van der Waals surface area contributed by atoms with Gasteiger partial charge in [-0.25, -0.2) is 4.98 Å². The van der Waals surface area contributed by atoms with Crippen LogP contribution in [0.2, 0.25) is 0 Å². The van der Waals surface area contributed by atoms with E-state index in [-0.39, 0.29) is 5.91 Å². The van der Waals surface area contributed by atoms with Crippen LogP contribution >= 0.6 is 11.3 Å². The second-order valence-corrected chi connectivity index (χ2v) is 7.49. The summed E-state index contributed by atoms with van der Waals surface area (Å²) in [5.41, 5.74) is 4.55. The lowest BCUT2D eigenvalue weighted by molar-refractivity contribution is 0.0975. The van der Waals surface area contributed by atoms with Crippen LogP contribution in [0.5, 0.6) is 0 Å². The number of pyridine rings is 1. The number of rotatable bonds is 4. The molecule has 136 valence electrons. The molecule has 0 spiro atoms. The third-order valence-electron chi connectivity index (χ3n) is 4.38. The van der Waals surface area contributed by atoms with Gasteiger partial charge in [0, 0.05) is 19.4 Å². The van der Waals surface area contributed by atoms with E-state index >= 15 is 0 Å². The quantitative estimate of drug-likeness (QED) is 0.541. The van der Waals surface area contributed by atoms with Crippen LogP contribution in [0.1, 0.15) is 27.3 Å². The Morgan fingerprint density at radius 1 is 1.19 bits per heavy atom. The SMILES string of the molecule is Cc1cc(C)c2nc(N(Cc3ccccn3)C(=O)c3ccnn3C)sc2c1. The smallest absolute Gasteiger partial charge is 0.277 e. The van der Waals surface area contributed by atoms with Gasteiger partial charge in [0.1, 0.15) is 5.69 Å². The number of amides is 1. The van der Waals surface area contributed by atoms with Crippen LogP contribution in [-0.4, -0.2) is 25.7 Å². The van der Waals surface area contributed by atoms with Crippen molar-refractivity contribution in [2.45, 2.75) is 20.4 Å². The summed E-state index contributed by atoms with van der Waals surface area (Å²) in [6, 6.07) is 11.6. The minimum atomic E-state index is -0.144. The summed E-state index contributed by atoms with van der Waals surface area (Å²) in [6.07, 6.45) is 3.35. The van der Waals surface area contributed by atoms with Crippen molar-refractivity contribution in [3.05, 3.63) is 71.3 Å². The maximum Gasteiger partial charge on any atom is 0.278 e. The zero-order valence-corrected chi connectivity index (χ0v) is 16.2. The Bertz CT molecular complexity index is 1120. The zero-order chi connectivity index (χ0) is 19.0. The standard InChI is InChI=1S/C20H19N5OS/c1-13-10-14(2)18-17(11-13)27-20(23-18)25(12-15-6-4-5-8-21-15)19(26)16-7-9-22-24(16)3/h4-11H,12H2,1-3H3. The number of benzene rings is 1. The highest BCUT2D eigenvalue weighted by Gasteiger charge is 2.24. The number of hydrogen-bond donors (Lipinski definition) is 0. The first-order valence-electron chi connectivity index (χ1n) is 8.60. The topological polar surface area (TPSA) is 63.9 Å². The normalized spacial score (nSPS) is 11.1. The van der Waals surface area contributed by atoms with Gasteiger partial charge in [-0.1, -0.05) is 23.5 Å². The minimum Gasteiger partial charge on any atom is -0.277 e. The lowest BCUT2D eigenvalue weighted by Crippen LogP contribution is -2.32. The maximum atomic E-state index is 13.3. The van der Waals surface area contributed by atoms with Crippen molar-refractivity contribution in [3.8, 4) is 0 Å². The predicted molar refractivity (Wildman–Crippen MR) is 107 cm³/mol. The van der Waals surface area contributed by atoms with Crippen molar-refractivity contribution >= 4 is 32.6 Å². The first-order chi connectivity index (χ1) is 13.0. The summed E-state index contributed by atoms with van der Waals surface area (Å²) >= 11 is 1.52. The molecule has 0 aliphatic heterocycles. The Labute approximate surface area is 161 Å². The van der Waals surface area contributed by atoms with Crippen LogP contribution < -0.4 is 4.90 Å². The van der Waals surface area contributed by atoms with Crippen LogP contribution in [0, 0.1) is 13.8 Å². The molecule has 27 heavy (non-hydrogen) atoms. The molecule has 0 atom stereocenters. The van der Waals surface area contributed by atoms with Gasteiger partial charge in [-0.3, -0.25) is 19.4 Å². The van der Waals surface area contributed by atoms with E-state index in [0.29, 0.717) is 17.4 Å². The Morgan fingerprint density at radius 2 is 2.04 bits per heavy atom. The van der Waals surface area contributed by atoms with Crippen molar-refractivity contribution in [1.29, 1.82) is 0 Å². The fourth-order valence-electron chi connectivity index (χ4n) is 3.08. The third-order valence-corrected chi connectivity index (χ3v) is 5.41. The van der Waals surface area contributed by atoms with Crippen LogP contribution in [-0.2, 0) is 13.6 Å². The third kappa shape index (κ3) is 3.33. The van der Waals surface area contributed by atoms with E-state index in [1.807, 2.05) is 25.1 Å². The Balaban J connectivity index is 1.81. The molecule has 0 saturated heterocycles. The molecule has 4 aromatic rings. The molecule has 1 amide bonds. The van der Waals surface area contributed by atoms with E-state index in [1.165, 1.54) is 16.9 Å². The zero-order valence-electron chi connectivity index (χ0n) is 15.4. The molecule has 0 fully saturated rings. The molecule has 0 unspecified atom stereocenters. The van der Waals surface area contributed by atoms with Gasteiger partial charge in [0.05, 0.1) is 22.5 Å². The first-order valence-corrected chi connectivity index (χ1v) is 9.42. The monoisotopic (exact) mass is 377 g/mol. The lowest BCUT2D eigenvalue weighted by Gasteiger charge is -2.19. The van der Waals surface area contributed by atoms with Gasteiger partial charge in [-0.05, 0) is 49.2 Å². The molecule has 6 nitrogen and oxygen atoms in total. The Hall–Kier alpha value is -3.06. The summed E-state index contributed by atoms with van der Waals surface area (Å²) in [7, 11) is 1.76. The highest BCUT2D eigenvalue weighted by Crippen LogP contribution is 2.33.